The van der Waals surface area contributed by atoms with Crippen molar-refractivity contribution < 1.29 is 0 Å². The van der Waals surface area contributed by atoms with Gasteiger partial charge in [0.2, 0.25) is 0 Å². The van der Waals surface area contributed by atoms with E-state index in [9.17, 15) is 0 Å². The molecule has 4 unspecified atom stereocenters. The Morgan fingerprint density at radius 2 is 1.33 bits per heavy atom. The molecule has 0 radical (unpaired) electrons. The molecule has 4 atom stereocenters. The van der Waals surface area contributed by atoms with E-state index in [0.29, 0.717) is 0 Å². The predicted molar refractivity (Wildman–Crippen MR) is 48.6 cm³/mol. The second kappa shape index (κ2) is 1.71. The zero-order chi connectivity index (χ0) is 7.71. The molecule has 0 aromatic rings. The summed E-state index contributed by atoms with van der Waals surface area (Å²) < 4.78 is 0. The van der Waals surface area contributed by atoms with Crippen LogP contribution in [0.4, 0.5) is 0 Å². The Balaban J connectivity index is 1.95. The summed E-state index contributed by atoms with van der Waals surface area (Å²) >= 11 is 0. The van der Waals surface area contributed by atoms with Gasteiger partial charge in [-0.2, -0.15) is 0 Å². The highest BCUT2D eigenvalue weighted by Gasteiger charge is 2.51. The molecule has 62 valence electrons. The van der Waals surface area contributed by atoms with Gasteiger partial charge >= 0.3 is 0 Å². The van der Waals surface area contributed by atoms with E-state index in [4.69, 9.17) is 0 Å². The van der Waals surface area contributed by atoms with Crippen LogP contribution in [0.3, 0.4) is 0 Å². The number of allylic oxidation sites excluding steroid dienone is 4. The second-order valence-electron chi connectivity index (χ2n) is 4.94. The SMILES string of the molecule is C1=C2CCC3C=C4CCC1C4C23. The minimum absolute atomic E-state index is 0.974. The lowest BCUT2D eigenvalue weighted by atomic mass is 9.88. The molecule has 0 aliphatic heterocycles. The van der Waals surface area contributed by atoms with Crippen molar-refractivity contribution in [3.63, 3.8) is 0 Å². The molecule has 0 spiro atoms. The van der Waals surface area contributed by atoms with Crippen molar-refractivity contribution in [2.45, 2.75) is 25.7 Å². The summed E-state index contributed by atoms with van der Waals surface area (Å²) in [5, 5.41) is 0. The molecule has 0 nitrogen and oxygen atoms in total. The molecule has 2 fully saturated rings. The zero-order valence-corrected chi connectivity index (χ0v) is 7.29. The Bertz CT molecular complexity index is 276. The highest BCUT2D eigenvalue weighted by Crippen LogP contribution is 2.61. The van der Waals surface area contributed by atoms with Crippen LogP contribution in [-0.2, 0) is 0 Å². The van der Waals surface area contributed by atoms with Crippen LogP contribution in [-0.4, -0.2) is 0 Å². The quantitative estimate of drug-likeness (QED) is 0.475. The van der Waals surface area contributed by atoms with Crippen molar-refractivity contribution in [1.82, 2.24) is 0 Å². The van der Waals surface area contributed by atoms with Gasteiger partial charge in [-0.1, -0.05) is 23.3 Å². The normalized spacial score (nSPS) is 52.7. The molecule has 0 heteroatoms. The van der Waals surface area contributed by atoms with Gasteiger partial charge in [0.25, 0.3) is 0 Å². The first-order valence-electron chi connectivity index (χ1n) is 5.34. The average molecular weight is 158 g/mol. The summed E-state index contributed by atoms with van der Waals surface area (Å²) in [7, 11) is 0. The molecule has 4 aliphatic carbocycles. The molecule has 0 amide bonds. The first-order valence-corrected chi connectivity index (χ1v) is 5.34. The molecule has 0 aromatic heterocycles. The maximum Gasteiger partial charge on any atom is -0.00687 e. The molecule has 4 aliphatic rings. The van der Waals surface area contributed by atoms with Crippen LogP contribution in [0.15, 0.2) is 23.3 Å². The molecule has 0 heterocycles. The summed E-state index contributed by atoms with van der Waals surface area (Å²) in [4.78, 5) is 0. The molecule has 12 heavy (non-hydrogen) atoms. The van der Waals surface area contributed by atoms with Crippen LogP contribution in [0, 0.1) is 23.7 Å². The minimum atomic E-state index is 0.974. The Labute approximate surface area is 73.4 Å². The first kappa shape index (κ1) is 6.01. The van der Waals surface area contributed by atoms with Crippen molar-refractivity contribution in [2.24, 2.45) is 23.7 Å². The van der Waals surface area contributed by atoms with Gasteiger partial charge in [0.15, 0.2) is 0 Å². The molecule has 0 N–H and O–H groups in total. The molecule has 0 bridgehead atoms. The number of rotatable bonds is 0. The zero-order valence-electron chi connectivity index (χ0n) is 7.29. The highest BCUT2D eigenvalue weighted by atomic mass is 14.6. The number of hydrogen-bond acceptors (Lipinski definition) is 0. The topological polar surface area (TPSA) is 0 Å². The monoisotopic (exact) mass is 158 g/mol. The molecular formula is C12H14. The van der Waals surface area contributed by atoms with Crippen LogP contribution < -0.4 is 0 Å². The maximum atomic E-state index is 2.63. The van der Waals surface area contributed by atoms with Gasteiger partial charge in [0, 0.05) is 0 Å². The average Bonchev–Trinajstić information content (AvgIpc) is 2.71. The number of hydrogen-bond donors (Lipinski definition) is 0. The van der Waals surface area contributed by atoms with Crippen LogP contribution in [0.25, 0.3) is 0 Å². The molecule has 0 saturated heterocycles. The minimum Gasteiger partial charge on any atom is -0.0813 e. The van der Waals surface area contributed by atoms with Crippen LogP contribution in [0.1, 0.15) is 25.7 Å². The van der Waals surface area contributed by atoms with E-state index < -0.39 is 0 Å². The van der Waals surface area contributed by atoms with Gasteiger partial charge in [0.1, 0.15) is 0 Å². The van der Waals surface area contributed by atoms with Crippen LogP contribution >= 0.6 is 0 Å². The van der Waals surface area contributed by atoms with Crippen molar-refractivity contribution in [1.29, 1.82) is 0 Å². The van der Waals surface area contributed by atoms with Gasteiger partial charge in [-0.25, -0.2) is 0 Å². The van der Waals surface area contributed by atoms with Gasteiger partial charge in [-0.15, -0.1) is 0 Å². The van der Waals surface area contributed by atoms with E-state index in [1.165, 1.54) is 25.7 Å². The summed E-state index contributed by atoms with van der Waals surface area (Å²) in [5.74, 6) is 3.96. The lowest BCUT2D eigenvalue weighted by Crippen LogP contribution is -2.10. The van der Waals surface area contributed by atoms with Crippen molar-refractivity contribution in [3.05, 3.63) is 23.3 Å². The Kier molecular flexibility index (Phi) is 0.856. The third-order valence-electron chi connectivity index (χ3n) is 4.55. The third kappa shape index (κ3) is 0.485. The van der Waals surface area contributed by atoms with Gasteiger partial charge in [0.05, 0.1) is 0 Å². The van der Waals surface area contributed by atoms with E-state index in [1.807, 2.05) is 11.1 Å². The molecule has 2 saturated carbocycles. The molecule has 0 aromatic carbocycles. The lowest BCUT2D eigenvalue weighted by Gasteiger charge is -2.15. The van der Waals surface area contributed by atoms with Crippen LogP contribution in [0.2, 0.25) is 0 Å². The fourth-order valence-corrected chi connectivity index (χ4v) is 4.22. The summed E-state index contributed by atoms with van der Waals surface area (Å²) in [5.41, 5.74) is 3.67. The van der Waals surface area contributed by atoms with E-state index in [1.54, 1.807) is 0 Å². The highest BCUT2D eigenvalue weighted by molar-refractivity contribution is 5.39. The Hall–Kier alpha value is -0.520. The largest absolute Gasteiger partial charge is 0.0813 e. The van der Waals surface area contributed by atoms with Crippen molar-refractivity contribution in [2.75, 3.05) is 0 Å². The van der Waals surface area contributed by atoms with Gasteiger partial charge < -0.3 is 0 Å². The van der Waals surface area contributed by atoms with E-state index in [0.717, 1.165) is 23.7 Å². The van der Waals surface area contributed by atoms with E-state index in [-0.39, 0.29) is 0 Å². The smallest absolute Gasteiger partial charge is 0.00687 e. The fraction of sp³-hybridized carbons (Fsp3) is 0.667. The maximum absolute atomic E-state index is 2.63. The third-order valence-corrected chi connectivity index (χ3v) is 4.55. The summed E-state index contributed by atoms with van der Waals surface area (Å²) in [6.07, 6.45) is 11.0. The van der Waals surface area contributed by atoms with Gasteiger partial charge in [-0.05, 0) is 49.4 Å². The molecular weight excluding hydrogens is 144 g/mol. The Morgan fingerprint density at radius 1 is 0.833 bits per heavy atom. The van der Waals surface area contributed by atoms with E-state index >= 15 is 0 Å². The first-order chi connectivity index (χ1) is 5.93. The second-order valence-corrected chi connectivity index (χ2v) is 4.94. The molecule has 4 rings (SSSR count). The Morgan fingerprint density at radius 3 is 1.83 bits per heavy atom. The van der Waals surface area contributed by atoms with E-state index in [2.05, 4.69) is 12.2 Å². The fourth-order valence-electron chi connectivity index (χ4n) is 4.22. The van der Waals surface area contributed by atoms with Gasteiger partial charge in [-0.3, -0.25) is 0 Å². The summed E-state index contributed by atoms with van der Waals surface area (Å²) in [6.45, 7) is 0. The van der Waals surface area contributed by atoms with Crippen LogP contribution in [0.5, 0.6) is 0 Å². The predicted octanol–water partition coefficient (Wildman–Crippen LogP) is 2.92. The van der Waals surface area contributed by atoms with Crippen molar-refractivity contribution >= 4 is 0 Å². The van der Waals surface area contributed by atoms with Crippen molar-refractivity contribution in [3.8, 4) is 0 Å². The standard InChI is InChI=1S/C12H14/c1-2-8-6-10-4-3-9-5-7(1)11(8)12(9)10/h5-7,10-12H,1-4H2. The summed E-state index contributed by atoms with van der Waals surface area (Å²) in [6, 6.07) is 0. The lowest BCUT2D eigenvalue weighted by molar-refractivity contribution is 0.395.